The highest BCUT2D eigenvalue weighted by atomic mass is 35.5. The molecule has 3 rings (SSSR count). The van der Waals surface area contributed by atoms with Crippen molar-refractivity contribution in [3.8, 4) is 5.69 Å². The highest BCUT2D eigenvalue weighted by Crippen LogP contribution is 2.20. The van der Waals surface area contributed by atoms with Gasteiger partial charge in [-0.2, -0.15) is 5.10 Å². The van der Waals surface area contributed by atoms with Crippen molar-refractivity contribution in [1.82, 2.24) is 15.1 Å². The van der Waals surface area contributed by atoms with E-state index in [9.17, 15) is 4.79 Å². The second kappa shape index (κ2) is 6.86. The lowest BCUT2D eigenvalue weighted by Crippen LogP contribution is -2.23. The molecule has 0 aliphatic heterocycles. The number of aromatic nitrogens is 2. The number of hydrogen-bond acceptors (Lipinski definition) is 2. The number of benzene rings is 2. The van der Waals surface area contributed by atoms with E-state index in [0.29, 0.717) is 17.1 Å². The Balaban J connectivity index is 1.76. The molecule has 0 saturated carbocycles. The van der Waals surface area contributed by atoms with E-state index in [1.54, 1.807) is 6.07 Å². The number of halogens is 2. The fourth-order valence-electron chi connectivity index (χ4n) is 2.15. The number of hydrogen-bond donors (Lipinski definition) is 1. The first-order chi connectivity index (χ1) is 11.2. The monoisotopic (exact) mass is 345 g/mol. The van der Waals surface area contributed by atoms with Crippen molar-refractivity contribution in [1.29, 1.82) is 0 Å². The van der Waals surface area contributed by atoms with Crippen LogP contribution in [-0.2, 0) is 6.54 Å². The average Bonchev–Trinajstić information content (AvgIpc) is 2.96. The number of nitrogens with zero attached hydrogens (tertiary/aromatic N) is 2. The quantitative estimate of drug-likeness (QED) is 0.773. The third kappa shape index (κ3) is 3.38. The van der Waals surface area contributed by atoms with E-state index >= 15 is 0 Å². The lowest BCUT2D eigenvalue weighted by molar-refractivity contribution is 0.0951. The molecule has 1 aromatic heterocycles. The minimum absolute atomic E-state index is 0.271. The first-order valence-electron chi connectivity index (χ1n) is 6.97. The summed E-state index contributed by atoms with van der Waals surface area (Å²) in [5.74, 6) is -0.294. The van der Waals surface area contributed by atoms with Gasteiger partial charge in [-0.25, -0.2) is 4.68 Å². The normalized spacial score (nSPS) is 10.5. The van der Waals surface area contributed by atoms with Crippen LogP contribution in [0.25, 0.3) is 5.69 Å². The van der Waals surface area contributed by atoms with Crippen molar-refractivity contribution in [3.63, 3.8) is 0 Å². The molecule has 0 bridgehead atoms. The molecule has 1 heterocycles. The zero-order valence-electron chi connectivity index (χ0n) is 12.0. The Bertz CT molecular complexity index is 831. The van der Waals surface area contributed by atoms with E-state index in [4.69, 9.17) is 23.2 Å². The van der Waals surface area contributed by atoms with Crippen LogP contribution in [0, 0.1) is 0 Å². The van der Waals surface area contributed by atoms with Gasteiger partial charge < -0.3 is 5.32 Å². The van der Waals surface area contributed by atoms with Crippen LogP contribution in [0.3, 0.4) is 0 Å². The summed E-state index contributed by atoms with van der Waals surface area (Å²) < 4.78 is 1.52. The van der Waals surface area contributed by atoms with Crippen LogP contribution in [0.1, 0.15) is 15.9 Å². The van der Waals surface area contributed by atoms with Gasteiger partial charge in [0.1, 0.15) is 5.15 Å². The summed E-state index contributed by atoms with van der Waals surface area (Å²) in [5, 5.41) is 7.86. The molecule has 0 radical (unpaired) electrons. The maximum Gasteiger partial charge on any atom is 0.256 e. The Labute approximate surface area is 143 Å². The molecule has 1 N–H and O–H groups in total. The predicted octanol–water partition coefficient (Wildman–Crippen LogP) is 4.11. The van der Waals surface area contributed by atoms with Gasteiger partial charge in [-0.05, 0) is 23.8 Å². The van der Waals surface area contributed by atoms with Crippen LogP contribution in [0.5, 0.6) is 0 Å². The zero-order chi connectivity index (χ0) is 16.2. The molecule has 0 aliphatic carbocycles. The fraction of sp³-hybridized carbons (Fsp3) is 0.0588. The van der Waals surface area contributed by atoms with Crippen molar-refractivity contribution < 1.29 is 4.79 Å². The van der Waals surface area contributed by atoms with Gasteiger partial charge in [0.05, 0.1) is 17.4 Å². The third-order valence-corrected chi connectivity index (χ3v) is 4.09. The van der Waals surface area contributed by atoms with Gasteiger partial charge in [0, 0.05) is 11.6 Å². The summed E-state index contributed by atoms with van der Waals surface area (Å²) in [6, 6.07) is 16.7. The van der Waals surface area contributed by atoms with Crippen molar-refractivity contribution in [2.45, 2.75) is 6.54 Å². The average molecular weight is 346 g/mol. The van der Waals surface area contributed by atoms with Crippen LogP contribution >= 0.6 is 23.2 Å². The number of rotatable bonds is 4. The summed E-state index contributed by atoms with van der Waals surface area (Å²) >= 11 is 12.4. The Morgan fingerprint density at radius 2 is 1.74 bits per heavy atom. The van der Waals surface area contributed by atoms with Gasteiger partial charge in [-0.1, -0.05) is 59.6 Å². The van der Waals surface area contributed by atoms with Crippen LogP contribution in [0.2, 0.25) is 10.2 Å². The van der Waals surface area contributed by atoms with Crippen molar-refractivity contribution in [2.75, 3.05) is 0 Å². The van der Waals surface area contributed by atoms with Crippen LogP contribution in [0.15, 0.2) is 60.8 Å². The molecule has 1 amide bonds. The summed E-state index contributed by atoms with van der Waals surface area (Å²) in [4.78, 5) is 12.3. The molecule has 0 atom stereocenters. The number of amides is 1. The van der Waals surface area contributed by atoms with Crippen molar-refractivity contribution >= 4 is 29.1 Å². The number of carbonyl (C=O) groups is 1. The van der Waals surface area contributed by atoms with Crippen molar-refractivity contribution in [3.05, 3.63) is 82.1 Å². The molecule has 23 heavy (non-hydrogen) atoms. The van der Waals surface area contributed by atoms with E-state index in [-0.39, 0.29) is 11.1 Å². The number of para-hydroxylation sites is 1. The molecule has 116 valence electrons. The van der Waals surface area contributed by atoms with Crippen LogP contribution in [0.4, 0.5) is 0 Å². The maximum absolute atomic E-state index is 12.3. The Morgan fingerprint density at radius 3 is 2.48 bits per heavy atom. The highest BCUT2D eigenvalue weighted by Gasteiger charge is 2.16. The van der Waals surface area contributed by atoms with E-state index in [2.05, 4.69) is 10.4 Å². The van der Waals surface area contributed by atoms with Crippen LogP contribution < -0.4 is 5.32 Å². The Morgan fingerprint density at radius 1 is 1.04 bits per heavy atom. The molecule has 3 aromatic rings. The van der Waals surface area contributed by atoms with E-state index in [1.165, 1.54) is 10.9 Å². The van der Waals surface area contributed by atoms with E-state index in [0.717, 1.165) is 11.3 Å². The molecule has 0 unspecified atom stereocenters. The summed E-state index contributed by atoms with van der Waals surface area (Å²) in [7, 11) is 0. The molecular weight excluding hydrogens is 333 g/mol. The first kappa shape index (κ1) is 15.6. The largest absolute Gasteiger partial charge is 0.348 e. The lowest BCUT2D eigenvalue weighted by Gasteiger charge is -2.06. The Hall–Kier alpha value is -2.30. The van der Waals surface area contributed by atoms with Gasteiger partial charge in [0.25, 0.3) is 5.91 Å². The van der Waals surface area contributed by atoms with Crippen LogP contribution in [-0.4, -0.2) is 15.7 Å². The summed E-state index contributed by atoms with van der Waals surface area (Å²) in [6.07, 6.45) is 1.46. The zero-order valence-corrected chi connectivity index (χ0v) is 13.6. The Kier molecular flexibility index (Phi) is 4.65. The second-order valence-electron chi connectivity index (χ2n) is 4.87. The first-order valence-corrected chi connectivity index (χ1v) is 7.73. The molecule has 4 nitrogen and oxygen atoms in total. The number of carbonyl (C=O) groups excluding carboxylic acids is 1. The molecule has 6 heteroatoms. The second-order valence-corrected chi connectivity index (χ2v) is 5.64. The standard InChI is InChI=1S/C17H13Cl2N3O/c18-15-9-5-4-6-12(15)10-20-17(23)14-11-21-22(16(14)19)13-7-2-1-3-8-13/h1-9,11H,10H2,(H,20,23). The summed E-state index contributed by atoms with van der Waals surface area (Å²) in [6.45, 7) is 0.325. The molecule has 0 fully saturated rings. The third-order valence-electron chi connectivity index (χ3n) is 3.35. The molecule has 0 aliphatic rings. The minimum Gasteiger partial charge on any atom is -0.348 e. The van der Waals surface area contributed by atoms with Gasteiger partial charge >= 0.3 is 0 Å². The minimum atomic E-state index is -0.294. The molecular formula is C17H13Cl2N3O. The molecule has 2 aromatic carbocycles. The fourth-order valence-corrected chi connectivity index (χ4v) is 2.63. The van der Waals surface area contributed by atoms with E-state index in [1.807, 2.05) is 48.5 Å². The number of nitrogens with one attached hydrogen (secondary N) is 1. The predicted molar refractivity (Wildman–Crippen MR) is 91.2 cm³/mol. The highest BCUT2D eigenvalue weighted by molar-refractivity contribution is 6.33. The molecule has 0 saturated heterocycles. The van der Waals surface area contributed by atoms with Gasteiger partial charge in [0.2, 0.25) is 0 Å². The van der Waals surface area contributed by atoms with Gasteiger partial charge in [-0.15, -0.1) is 0 Å². The van der Waals surface area contributed by atoms with Gasteiger partial charge in [0.15, 0.2) is 0 Å². The maximum atomic E-state index is 12.3. The van der Waals surface area contributed by atoms with E-state index < -0.39 is 0 Å². The topological polar surface area (TPSA) is 46.9 Å². The SMILES string of the molecule is O=C(NCc1ccccc1Cl)c1cnn(-c2ccccc2)c1Cl. The summed E-state index contributed by atoms with van der Waals surface area (Å²) in [5.41, 5.74) is 1.96. The smallest absolute Gasteiger partial charge is 0.256 e. The molecule has 0 spiro atoms. The lowest BCUT2D eigenvalue weighted by atomic mass is 10.2. The van der Waals surface area contributed by atoms with Gasteiger partial charge in [-0.3, -0.25) is 4.79 Å². The van der Waals surface area contributed by atoms with Crippen molar-refractivity contribution in [2.24, 2.45) is 0 Å².